The maximum absolute atomic E-state index is 13.6. The number of carbonyl (C=O) groups excluding carboxylic acids is 1. The zero-order valence-electron chi connectivity index (χ0n) is 14.8. The van der Waals surface area contributed by atoms with E-state index in [0.29, 0.717) is 17.2 Å². The SMILES string of the molecule is O=C(c1cccc(F)c1)N(CCCn1ccnc1)c1nc2ccc(Br)cc2s1. The number of amides is 1. The fourth-order valence-corrected chi connectivity index (χ4v) is 4.44. The van der Waals surface area contributed by atoms with Crippen LogP contribution in [0.15, 0.2) is 65.7 Å². The molecular formula is C20H16BrFN4OS. The van der Waals surface area contributed by atoms with Crippen LogP contribution in [0.25, 0.3) is 10.2 Å². The molecule has 0 atom stereocenters. The summed E-state index contributed by atoms with van der Waals surface area (Å²) in [6, 6.07) is 11.6. The Morgan fingerprint density at radius 1 is 1.25 bits per heavy atom. The highest BCUT2D eigenvalue weighted by Crippen LogP contribution is 2.31. The molecule has 4 aromatic rings. The van der Waals surface area contributed by atoms with Crippen LogP contribution in [-0.2, 0) is 6.54 Å². The number of aromatic nitrogens is 3. The molecule has 0 aliphatic rings. The quantitative estimate of drug-likeness (QED) is 0.402. The number of halogens is 2. The molecule has 142 valence electrons. The third-order valence-corrected chi connectivity index (χ3v) is 5.78. The third-order valence-electron chi connectivity index (χ3n) is 4.24. The number of thiazole rings is 1. The Bertz CT molecular complexity index is 1110. The minimum atomic E-state index is -0.433. The van der Waals surface area contributed by atoms with Crippen molar-refractivity contribution in [3.63, 3.8) is 0 Å². The molecular weight excluding hydrogens is 443 g/mol. The Morgan fingerprint density at radius 3 is 2.93 bits per heavy atom. The zero-order chi connectivity index (χ0) is 19.5. The van der Waals surface area contributed by atoms with Crippen LogP contribution in [0.4, 0.5) is 9.52 Å². The van der Waals surface area contributed by atoms with Crippen LogP contribution in [0, 0.1) is 5.82 Å². The molecule has 1 amide bonds. The molecule has 0 unspecified atom stereocenters. The van der Waals surface area contributed by atoms with Gasteiger partial charge >= 0.3 is 0 Å². The third kappa shape index (κ3) is 4.13. The van der Waals surface area contributed by atoms with E-state index in [9.17, 15) is 9.18 Å². The largest absolute Gasteiger partial charge is 0.337 e. The Labute approximate surface area is 173 Å². The van der Waals surface area contributed by atoms with Crippen molar-refractivity contribution in [3.05, 3.63) is 77.0 Å². The van der Waals surface area contributed by atoms with Gasteiger partial charge in [-0.2, -0.15) is 0 Å². The van der Waals surface area contributed by atoms with Gasteiger partial charge in [0.25, 0.3) is 5.91 Å². The van der Waals surface area contributed by atoms with Gasteiger partial charge in [-0.15, -0.1) is 0 Å². The smallest absolute Gasteiger partial charge is 0.260 e. The number of nitrogens with zero attached hydrogens (tertiary/aromatic N) is 4. The van der Waals surface area contributed by atoms with Crippen molar-refractivity contribution >= 4 is 48.5 Å². The molecule has 2 aromatic carbocycles. The normalized spacial score (nSPS) is 11.1. The van der Waals surface area contributed by atoms with Gasteiger partial charge in [0.2, 0.25) is 0 Å². The van der Waals surface area contributed by atoms with Gasteiger partial charge in [0, 0.05) is 35.5 Å². The number of anilines is 1. The fraction of sp³-hybridized carbons (Fsp3) is 0.150. The molecule has 2 aromatic heterocycles. The van der Waals surface area contributed by atoms with Gasteiger partial charge in [0.15, 0.2) is 5.13 Å². The summed E-state index contributed by atoms with van der Waals surface area (Å²) >= 11 is 4.91. The van der Waals surface area contributed by atoms with Gasteiger partial charge in [0.1, 0.15) is 5.82 Å². The van der Waals surface area contributed by atoms with E-state index in [4.69, 9.17) is 0 Å². The van der Waals surface area contributed by atoms with E-state index >= 15 is 0 Å². The van der Waals surface area contributed by atoms with E-state index in [1.165, 1.54) is 23.5 Å². The number of hydrogen-bond acceptors (Lipinski definition) is 4. The minimum absolute atomic E-state index is 0.261. The summed E-state index contributed by atoms with van der Waals surface area (Å²) in [6.07, 6.45) is 6.07. The maximum Gasteiger partial charge on any atom is 0.260 e. The lowest BCUT2D eigenvalue weighted by Gasteiger charge is -2.20. The summed E-state index contributed by atoms with van der Waals surface area (Å²) in [6.45, 7) is 1.19. The molecule has 0 N–H and O–H groups in total. The summed E-state index contributed by atoms with van der Waals surface area (Å²) in [7, 11) is 0. The Kier molecular flexibility index (Phi) is 5.50. The molecule has 5 nitrogen and oxygen atoms in total. The number of carbonyl (C=O) groups is 1. The average Bonchev–Trinajstić information content (AvgIpc) is 3.34. The highest BCUT2D eigenvalue weighted by Gasteiger charge is 2.21. The molecule has 4 rings (SSSR count). The van der Waals surface area contributed by atoms with Crippen molar-refractivity contribution in [1.29, 1.82) is 0 Å². The molecule has 0 spiro atoms. The molecule has 0 bridgehead atoms. The molecule has 0 saturated heterocycles. The van der Waals surface area contributed by atoms with Crippen molar-refractivity contribution in [3.8, 4) is 0 Å². The van der Waals surface area contributed by atoms with Gasteiger partial charge in [0.05, 0.1) is 16.5 Å². The highest BCUT2D eigenvalue weighted by atomic mass is 79.9. The fourth-order valence-electron chi connectivity index (χ4n) is 2.89. The second-order valence-corrected chi connectivity index (χ2v) is 8.15. The van der Waals surface area contributed by atoms with Gasteiger partial charge in [-0.05, 0) is 42.8 Å². The average molecular weight is 459 g/mol. The standard InChI is InChI=1S/C20H16BrFN4OS/c21-15-5-6-17-18(12-15)28-20(24-17)26(9-2-8-25-10-7-23-13-25)19(27)14-3-1-4-16(22)11-14/h1,3-7,10-13H,2,8-9H2. The summed E-state index contributed by atoms with van der Waals surface area (Å²) in [4.78, 5) is 23.4. The van der Waals surface area contributed by atoms with Crippen LogP contribution in [0.3, 0.4) is 0 Å². The Hall–Kier alpha value is -2.58. The van der Waals surface area contributed by atoms with Crippen molar-refractivity contribution in [2.24, 2.45) is 0 Å². The van der Waals surface area contributed by atoms with Gasteiger partial charge < -0.3 is 4.57 Å². The number of rotatable bonds is 6. The zero-order valence-corrected chi connectivity index (χ0v) is 17.2. The lowest BCUT2D eigenvalue weighted by molar-refractivity contribution is 0.0986. The van der Waals surface area contributed by atoms with Gasteiger partial charge in [-0.1, -0.05) is 33.3 Å². The molecule has 0 aliphatic carbocycles. The van der Waals surface area contributed by atoms with Crippen molar-refractivity contribution < 1.29 is 9.18 Å². The van der Waals surface area contributed by atoms with Crippen molar-refractivity contribution in [2.75, 3.05) is 11.4 Å². The molecule has 2 heterocycles. The first kappa shape index (κ1) is 18.8. The number of fused-ring (bicyclic) bond motifs is 1. The van der Waals surface area contributed by atoms with Crippen LogP contribution >= 0.6 is 27.3 Å². The van der Waals surface area contributed by atoms with Gasteiger partial charge in [-0.3, -0.25) is 9.69 Å². The van der Waals surface area contributed by atoms with Crippen LogP contribution in [-0.4, -0.2) is 27.0 Å². The summed E-state index contributed by atoms with van der Waals surface area (Å²) in [5, 5.41) is 0.605. The minimum Gasteiger partial charge on any atom is -0.337 e. The molecule has 0 fully saturated rings. The second-order valence-electron chi connectivity index (χ2n) is 6.23. The summed E-state index contributed by atoms with van der Waals surface area (Å²) in [5.41, 5.74) is 1.14. The van der Waals surface area contributed by atoms with Crippen molar-refractivity contribution in [2.45, 2.75) is 13.0 Å². The van der Waals surface area contributed by atoms with E-state index in [-0.39, 0.29) is 5.91 Å². The molecule has 8 heteroatoms. The molecule has 0 radical (unpaired) electrons. The topological polar surface area (TPSA) is 51.0 Å². The monoisotopic (exact) mass is 458 g/mol. The summed E-state index contributed by atoms with van der Waals surface area (Å²) < 4.78 is 17.5. The maximum atomic E-state index is 13.6. The van der Waals surface area contributed by atoms with Crippen LogP contribution in [0.5, 0.6) is 0 Å². The number of aryl methyl sites for hydroxylation is 1. The predicted octanol–water partition coefficient (Wildman–Crippen LogP) is 5.13. The van der Waals surface area contributed by atoms with E-state index < -0.39 is 5.82 Å². The first-order valence-electron chi connectivity index (χ1n) is 8.69. The first-order valence-corrected chi connectivity index (χ1v) is 10.3. The van der Waals surface area contributed by atoms with E-state index in [0.717, 1.165) is 27.7 Å². The van der Waals surface area contributed by atoms with E-state index in [1.807, 2.05) is 29.0 Å². The van der Waals surface area contributed by atoms with Gasteiger partial charge in [-0.25, -0.2) is 14.4 Å². The van der Waals surface area contributed by atoms with Crippen molar-refractivity contribution in [1.82, 2.24) is 14.5 Å². The number of hydrogen-bond donors (Lipinski definition) is 0. The van der Waals surface area contributed by atoms with Crippen LogP contribution in [0.1, 0.15) is 16.8 Å². The first-order chi connectivity index (χ1) is 13.6. The summed E-state index contributed by atoms with van der Waals surface area (Å²) in [5.74, 6) is -0.694. The predicted molar refractivity (Wildman–Crippen MR) is 112 cm³/mol. The Morgan fingerprint density at radius 2 is 2.14 bits per heavy atom. The number of benzene rings is 2. The highest BCUT2D eigenvalue weighted by molar-refractivity contribution is 9.10. The van der Waals surface area contributed by atoms with E-state index in [1.54, 1.807) is 29.6 Å². The number of imidazole rings is 1. The van der Waals surface area contributed by atoms with Crippen LogP contribution < -0.4 is 4.90 Å². The molecule has 0 aliphatic heterocycles. The molecule has 0 saturated carbocycles. The van der Waals surface area contributed by atoms with Crippen LogP contribution in [0.2, 0.25) is 0 Å². The lowest BCUT2D eigenvalue weighted by Crippen LogP contribution is -2.32. The van der Waals surface area contributed by atoms with E-state index in [2.05, 4.69) is 25.9 Å². The Balaban J connectivity index is 1.63. The second kappa shape index (κ2) is 8.20. The lowest BCUT2D eigenvalue weighted by atomic mass is 10.2. The molecule has 28 heavy (non-hydrogen) atoms.